The van der Waals surface area contributed by atoms with Gasteiger partial charge in [0.15, 0.2) is 9.84 Å². The number of hydrogen-bond donors (Lipinski definition) is 2. The maximum Gasteiger partial charge on any atom is 0.418 e. The molecule has 0 radical (unpaired) electrons. The van der Waals surface area contributed by atoms with E-state index >= 15 is 0 Å². The molecule has 0 saturated carbocycles. The third-order valence-corrected chi connectivity index (χ3v) is 9.00. The van der Waals surface area contributed by atoms with Gasteiger partial charge in [0.25, 0.3) is 0 Å². The molecule has 0 aromatic carbocycles. The fraction of sp³-hybridized carbons (Fsp3) is 0.733. The lowest BCUT2D eigenvalue weighted by Crippen LogP contribution is -2.57. The monoisotopic (exact) mass is 480 g/mol. The number of nitrogens with zero attached hydrogens (tertiary/aromatic N) is 4. The molecule has 172 valence electrons. The van der Waals surface area contributed by atoms with E-state index in [0.29, 0.717) is 17.9 Å². The summed E-state index contributed by atoms with van der Waals surface area (Å²) >= 11 is 0. The second-order valence-corrected chi connectivity index (χ2v) is 11.7. The lowest BCUT2D eigenvalue weighted by molar-refractivity contribution is -0.157. The molecule has 4 saturated heterocycles. The standard InChI is InChI=1S/C8H11NO5S.C7H9N3O5S/c1-8(2)6(7(11)12)9-4(10)3-5(9)15(8,13)14;8-3-5-1-2-6-4-9(5)7(11)10(6)15-16(12,13)14/h5-6H,3H2,1-2H3,(H,11,12);5-6H,1-2,4H2,(H,12,13,14)/t2*5-,6+/m10/s1. The Labute approximate surface area is 177 Å². The van der Waals surface area contributed by atoms with Gasteiger partial charge in [0.05, 0.1) is 23.3 Å². The lowest BCUT2D eigenvalue weighted by Gasteiger charge is -2.35. The van der Waals surface area contributed by atoms with Crippen molar-refractivity contribution in [2.75, 3.05) is 6.54 Å². The zero-order chi connectivity index (χ0) is 23.5. The first-order valence-electron chi connectivity index (χ1n) is 9.07. The van der Waals surface area contributed by atoms with Crippen molar-refractivity contribution < 1.29 is 45.2 Å². The number of urea groups is 1. The number of nitriles is 1. The molecule has 31 heavy (non-hydrogen) atoms. The number of amides is 3. The summed E-state index contributed by atoms with van der Waals surface area (Å²) in [6.07, 6.45) is 0.851. The van der Waals surface area contributed by atoms with Gasteiger partial charge in [-0.1, -0.05) is 0 Å². The Hall–Kier alpha value is -2.48. The molecule has 3 amide bonds. The van der Waals surface area contributed by atoms with E-state index in [1.165, 1.54) is 18.7 Å². The third kappa shape index (κ3) is 3.60. The molecule has 4 fully saturated rings. The second-order valence-electron chi connectivity index (χ2n) is 7.99. The van der Waals surface area contributed by atoms with Crippen LogP contribution in [0.15, 0.2) is 0 Å². The molecule has 2 N–H and O–H groups in total. The predicted octanol–water partition coefficient (Wildman–Crippen LogP) is -1.28. The van der Waals surface area contributed by atoms with E-state index in [1.807, 2.05) is 6.07 Å². The highest BCUT2D eigenvalue weighted by molar-refractivity contribution is 7.93. The number of carbonyl (C=O) groups is 3. The number of β-lactam (4-membered cyclic amide) rings is 1. The summed E-state index contributed by atoms with van der Waals surface area (Å²) in [5.41, 5.74) is 0. The molecule has 0 unspecified atom stereocenters. The molecule has 0 aromatic heterocycles. The quantitative estimate of drug-likeness (QED) is 0.359. The Morgan fingerprint density at radius 1 is 1.29 bits per heavy atom. The summed E-state index contributed by atoms with van der Waals surface area (Å²) < 4.78 is 56.1. The Morgan fingerprint density at radius 3 is 2.35 bits per heavy atom. The average Bonchev–Trinajstić information content (AvgIpc) is 2.94. The number of carboxylic acids is 1. The van der Waals surface area contributed by atoms with E-state index in [2.05, 4.69) is 4.28 Å². The van der Waals surface area contributed by atoms with Crippen LogP contribution in [0.1, 0.15) is 33.1 Å². The number of piperidine rings is 1. The maximum atomic E-state index is 11.9. The second kappa shape index (κ2) is 7.29. The van der Waals surface area contributed by atoms with Crippen LogP contribution in [-0.2, 0) is 34.1 Å². The van der Waals surface area contributed by atoms with Crippen LogP contribution in [0.25, 0.3) is 0 Å². The summed E-state index contributed by atoms with van der Waals surface area (Å²) in [4.78, 5) is 36.0. The number of carbonyl (C=O) groups excluding carboxylic acids is 2. The van der Waals surface area contributed by atoms with Gasteiger partial charge in [-0.25, -0.2) is 18.0 Å². The zero-order valence-electron chi connectivity index (χ0n) is 16.4. The Kier molecular flexibility index (Phi) is 5.45. The minimum atomic E-state index is -4.71. The van der Waals surface area contributed by atoms with Crippen LogP contribution in [0.2, 0.25) is 0 Å². The lowest BCUT2D eigenvalue weighted by atomic mass is 9.98. The van der Waals surface area contributed by atoms with Crippen molar-refractivity contribution in [3.05, 3.63) is 0 Å². The number of aliphatic carboxylic acids is 1. The summed E-state index contributed by atoms with van der Waals surface area (Å²) in [6.45, 7) is 2.95. The first-order valence-corrected chi connectivity index (χ1v) is 12.0. The Bertz CT molecular complexity index is 1080. The number of sulfone groups is 1. The van der Waals surface area contributed by atoms with Crippen molar-refractivity contribution in [3.8, 4) is 6.07 Å². The van der Waals surface area contributed by atoms with Crippen molar-refractivity contribution in [2.24, 2.45) is 0 Å². The largest absolute Gasteiger partial charge is 0.480 e. The van der Waals surface area contributed by atoms with Crippen LogP contribution in [0, 0.1) is 11.3 Å². The summed E-state index contributed by atoms with van der Waals surface area (Å²) in [5, 5.41) is 17.4. The van der Waals surface area contributed by atoms with Crippen molar-refractivity contribution in [1.29, 1.82) is 5.26 Å². The predicted molar refractivity (Wildman–Crippen MR) is 98.7 cm³/mol. The van der Waals surface area contributed by atoms with Crippen molar-refractivity contribution >= 4 is 38.1 Å². The van der Waals surface area contributed by atoms with Crippen LogP contribution >= 0.6 is 0 Å². The molecule has 4 atom stereocenters. The summed E-state index contributed by atoms with van der Waals surface area (Å²) in [5.74, 6) is -1.67. The molecule has 2 bridgehead atoms. The summed E-state index contributed by atoms with van der Waals surface area (Å²) in [6, 6.07) is -0.990. The van der Waals surface area contributed by atoms with E-state index < -0.39 is 66.4 Å². The number of fused-ring (bicyclic) bond motifs is 3. The Balaban J connectivity index is 0.000000176. The molecule has 0 aliphatic carbocycles. The van der Waals surface area contributed by atoms with Crippen LogP contribution in [0.3, 0.4) is 0 Å². The number of carboxylic acid groups (broad SMARTS) is 1. The molecule has 4 heterocycles. The first-order chi connectivity index (χ1) is 14.1. The van der Waals surface area contributed by atoms with E-state index in [1.54, 1.807) is 0 Å². The van der Waals surface area contributed by atoms with E-state index in [9.17, 15) is 31.2 Å². The normalized spacial score (nSPS) is 32.5. The number of hydroxylamine groups is 2. The van der Waals surface area contributed by atoms with Gasteiger partial charge < -0.3 is 14.9 Å². The molecule has 0 aromatic rings. The summed E-state index contributed by atoms with van der Waals surface area (Å²) in [7, 11) is -8.28. The van der Waals surface area contributed by atoms with Crippen LogP contribution in [0.5, 0.6) is 0 Å². The van der Waals surface area contributed by atoms with Gasteiger partial charge in [-0.05, 0) is 26.7 Å². The van der Waals surface area contributed by atoms with Gasteiger partial charge in [0.1, 0.15) is 17.5 Å². The molecule has 4 aliphatic rings. The molecular formula is C15H20N4O10S2. The van der Waals surface area contributed by atoms with Crippen molar-refractivity contribution in [3.63, 3.8) is 0 Å². The highest BCUT2D eigenvalue weighted by Gasteiger charge is 2.67. The third-order valence-electron chi connectivity index (χ3n) is 5.86. The van der Waals surface area contributed by atoms with E-state index in [-0.39, 0.29) is 13.0 Å². The van der Waals surface area contributed by atoms with Gasteiger partial charge in [-0.15, -0.1) is 4.28 Å². The van der Waals surface area contributed by atoms with Crippen molar-refractivity contribution in [1.82, 2.24) is 14.9 Å². The fourth-order valence-electron chi connectivity index (χ4n) is 4.19. The highest BCUT2D eigenvalue weighted by Crippen LogP contribution is 2.45. The topological polar surface area (TPSA) is 203 Å². The number of hydrogen-bond acceptors (Lipinski definition) is 9. The first kappa shape index (κ1) is 23.2. The van der Waals surface area contributed by atoms with Gasteiger partial charge >= 0.3 is 22.4 Å². The van der Waals surface area contributed by atoms with Crippen LogP contribution < -0.4 is 0 Å². The number of rotatable bonds is 3. The van der Waals surface area contributed by atoms with Gasteiger partial charge in [-0.3, -0.25) is 9.35 Å². The maximum absolute atomic E-state index is 11.9. The minimum Gasteiger partial charge on any atom is -0.480 e. The molecule has 0 spiro atoms. The highest BCUT2D eigenvalue weighted by atomic mass is 32.3. The Morgan fingerprint density at radius 2 is 1.90 bits per heavy atom. The molecule has 16 heteroatoms. The minimum absolute atomic E-state index is 0.0878. The van der Waals surface area contributed by atoms with E-state index in [0.717, 1.165) is 4.90 Å². The van der Waals surface area contributed by atoms with E-state index in [4.69, 9.17) is 14.9 Å². The van der Waals surface area contributed by atoms with Gasteiger partial charge in [-0.2, -0.15) is 18.7 Å². The molecular weight excluding hydrogens is 460 g/mol. The molecule has 4 rings (SSSR count). The fourth-order valence-corrected chi connectivity index (χ4v) is 6.71. The smallest absolute Gasteiger partial charge is 0.418 e. The van der Waals surface area contributed by atoms with Crippen LogP contribution in [0.4, 0.5) is 4.79 Å². The molecule has 14 nitrogen and oxygen atoms in total. The van der Waals surface area contributed by atoms with Crippen LogP contribution in [-0.4, -0.2) is 94.1 Å². The van der Waals surface area contributed by atoms with Crippen molar-refractivity contribution in [2.45, 2.75) is 61.4 Å². The van der Waals surface area contributed by atoms with Gasteiger partial charge in [0.2, 0.25) is 5.91 Å². The van der Waals surface area contributed by atoms with Gasteiger partial charge in [0, 0.05) is 6.54 Å². The molecule has 4 aliphatic heterocycles. The average molecular weight is 480 g/mol. The zero-order valence-corrected chi connectivity index (χ0v) is 18.0. The SMILES string of the molecule is CC1(C)[C@H](C(=O)O)N2C(=O)C[C@H]2S1(=O)=O.N#C[C@@H]1CC[C@@H]2CN1C(=O)N2OS(=O)(=O)O.